The maximum atomic E-state index is 12.6. The van der Waals surface area contributed by atoms with E-state index in [1.165, 1.54) is 30.3 Å². The Labute approximate surface area is 169 Å². The number of carbonyl (C=O) groups is 2. The molecule has 154 valence electrons. The molecule has 10 heteroatoms. The van der Waals surface area contributed by atoms with E-state index in [0.29, 0.717) is 0 Å². The third-order valence-electron chi connectivity index (χ3n) is 3.86. The largest absolute Gasteiger partial charge is 0.508 e. The van der Waals surface area contributed by atoms with Gasteiger partial charge in [0, 0.05) is 18.8 Å². The van der Waals surface area contributed by atoms with Crippen LogP contribution in [0.2, 0.25) is 5.02 Å². The Bertz CT molecular complexity index is 904. The summed E-state index contributed by atoms with van der Waals surface area (Å²) in [6.45, 7) is 5.73. The number of Topliss-reactive ketones (excluding diaryl/α,β-unsaturated/α-hetero) is 1. The summed E-state index contributed by atoms with van der Waals surface area (Å²) in [7, 11) is -3.81. The summed E-state index contributed by atoms with van der Waals surface area (Å²) in [5.41, 5.74) is -0.623. The molecule has 0 atom stereocenters. The highest BCUT2D eigenvalue weighted by molar-refractivity contribution is 7.89. The van der Waals surface area contributed by atoms with Crippen LogP contribution in [0.3, 0.4) is 0 Å². The van der Waals surface area contributed by atoms with Gasteiger partial charge in [-0.15, -0.1) is 0 Å². The van der Waals surface area contributed by atoms with E-state index in [0.717, 1.165) is 6.07 Å². The molecular formula is C18H23ClN2O6S. The number of ether oxygens (including phenoxy) is 1. The van der Waals surface area contributed by atoms with Crippen molar-refractivity contribution in [2.75, 3.05) is 19.7 Å². The number of nitrogens with zero attached hydrogens (tertiary/aromatic N) is 1. The van der Waals surface area contributed by atoms with Crippen LogP contribution in [0.4, 0.5) is 0 Å². The van der Waals surface area contributed by atoms with E-state index in [-0.39, 0.29) is 39.9 Å². The maximum Gasteiger partial charge on any atom is 0.340 e. The highest BCUT2D eigenvalue weighted by Crippen LogP contribution is 2.24. The monoisotopic (exact) mass is 430 g/mol. The molecule has 1 rings (SSSR count). The van der Waals surface area contributed by atoms with Crippen LogP contribution in [0, 0.1) is 5.41 Å². The van der Waals surface area contributed by atoms with E-state index in [4.69, 9.17) is 21.7 Å². The van der Waals surface area contributed by atoms with Gasteiger partial charge in [0.25, 0.3) is 0 Å². The second kappa shape index (κ2) is 9.81. The molecule has 0 unspecified atom stereocenters. The SMILES string of the molecule is CCN(CC)S(=O)(=O)c1ccc(Cl)c(C(=O)OC/C(O)=C(\C(C)=N)C(C)=O)c1. The minimum absolute atomic E-state index is 0.0259. The van der Waals surface area contributed by atoms with Crippen LogP contribution in [-0.2, 0) is 19.6 Å². The number of hydrogen-bond acceptors (Lipinski definition) is 7. The summed E-state index contributed by atoms with van der Waals surface area (Å²) >= 11 is 6.00. The molecule has 2 N–H and O–H groups in total. The van der Waals surface area contributed by atoms with Gasteiger partial charge in [-0.25, -0.2) is 13.2 Å². The van der Waals surface area contributed by atoms with Gasteiger partial charge in [-0.3, -0.25) is 4.79 Å². The van der Waals surface area contributed by atoms with Crippen LogP contribution in [-0.4, -0.2) is 55.0 Å². The van der Waals surface area contributed by atoms with E-state index in [2.05, 4.69) is 0 Å². The first-order valence-electron chi connectivity index (χ1n) is 8.42. The Morgan fingerprint density at radius 3 is 2.25 bits per heavy atom. The minimum Gasteiger partial charge on any atom is -0.508 e. The molecule has 0 saturated heterocycles. The molecule has 0 heterocycles. The number of sulfonamides is 1. The van der Waals surface area contributed by atoms with E-state index >= 15 is 0 Å². The number of ketones is 1. The zero-order chi connectivity index (χ0) is 21.6. The molecule has 0 bridgehead atoms. The molecule has 0 radical (unpaired) electrons. The van der Waals surface area contributed by atoms with Crippen LogP contribution >= 0.6 is 11.6 Å². The van der Waals surface area contributed by atoms with Crippen molar-refractivity contribution in [3.63, 3.8) is 0 Å². The lowest BCUT2D eigenvalue weighted by molar-refractivity contribution is -0.113. The van der Waals surface area contributed by atoms with Crippen molar-refractivity contribution >= 4 is 39.1 Å². The molecule has 0 aliphatic rings. The van der Waals surface area contributed by atoms with Crippen LogP contribution in [0.5, 0.6) is 0 Å². The summed E-state index contributed by atoms with van der Waals surface area (Å²) < 4.78 is 31.4. The number of halogens is 1. The number of carbonyl (C=O) groups excluding carboxylic acids is 2. The summed E-state index contributed by atoms with van der Waals surface area (Å²) in [6, 6.07) is 3.66. The van der Waals surface area contributed by atoms with Crippen molar-refractivity contribution in [1.82, 2.24) is 4.31 Å². The fraction of sp³-hybridized carbons (Fsp3) is 0.389. The molecular weight excluding hydrogens is 408 g/mol. The van der Waals surface area contributed by atoms with E-state index in [1.807, 2.05) is 0 Å². The third-order valence-corrected chi connectivity index (χ3v) is 6.23. The lowest BCUT2D eigenvalue weighted by Gasteiger charge is -2.19. The lowest BCUT2D eigenvalue weighted by atomic mass is 10.1. The van der Waals surface area contributed by atoms with Gasteiger partial charge in [0.15, 0.2) is 5.78 Å². The summed E-state index contributed by atoms with van der Waals surface area (Å²) in [4.78, 5) is 23.7. The number of rotatable bonds is 9. The maximum absolute atomic E-state index is 12.6. The molecule has 0 aliphatic carbocycles. The highest BCUT2D eigenvalue weighted by Gasteiger charge is 2.24. The molecule has 0 fully saturated rings. The van der Waals surface area contributed by atoms with Gasteiger partial charge in [0.1, 0.15) is 12.4 Å². The van der Waals surface area contributed by atoms with Gasteiger partial charge in [-0.2, -0.15) is 4.31 Å². The average molecular weight is 431 g/mol. The highest BCUT2D eigenvalue weighted by atomic mass is 35.5. The second-order valence-corrected chi connectivity index (χ2v) is 8.16. The normalized spacial score (nSPS) is 12.5. The van der Waals surface area contributed by atoms with Crippen molar-refractivity contribution in [3.05, 3.63) is 40.1 Å². The molecule has 28 heavy (non-hydrogen) atoms. The van der Waals surface area contributed by atoms with Crippen LogP contribution in [0.1, 0.15) is 38.1 Å². The predicted molar refractivity (Wildman–Crippen MR) is 106 cm³/mol. The molecule has 1 aromatic carbocycles. The van der Waals surface area contributed by atoms with Crippen molar-refractivity contribution < 1.29 is 27.9 Å². The fourth-order valence-corrected chi connectivity index (χ4v) is 4.18. The number of aliphatic hydroxyl groups is 1. The zero-order valence-corrected chi connectivity index (χ0v) is 17.6. The van der Waals surface area contributed by atoms with Crippen LogP contribution in [0.15, 0.2) is 34.4 Å². The lowest BCUT2D eigenvalue weighted by Crippen LogP contribution is -2.30. The zero-order valence-electron chi connectivity index (χ0n) is 16.1. The Morgan fingerprint density at radius 1 is 1.21 bits per heavy atom. The first-order valence-corrected chi connectivity index (χ1v) is 10.2. The molecule has 0 aliphatic heterocycles. The fourth-order valence-electron chi connectivity index (χ4n) is 2.50. The van der Waals surface area contributed by atoms with Gasteiger partial charge in [0.05, 0.1) is 21.1 Å². The molecule has 0 saturated carbocycles. The molecule has 1 aromatic rings. The van der Waals surface area contributed by atoms with Crippen LogP contribution < -0.4 is 0 Å². The van der Waals surface area contributed by atoms with Crippen LogP contribution in [0.25, 0.3) is 0 Å². The van der Waals surface area contributed by atoms with Gasteiger partial charge in [0.2, 0.25) is 10.0 Å². The Hall–Kier alpha value is -2.23. The van der Waals surface area contributed by atoms with Gasteiger partial charge in [-0.1, -0.05) is 25.4 Å². The Balaban J connectivity index is 3.18. The molecule has 0 amide bonds. The number of aliphatic hydroxyl groups excluding tert-OH is 1. The van der Waals surface area contributed by atoms with E-state index in [9.17, 15) is 23.1 Å². The second-order valence-electron chi connectivity index (χ2n) is 5.81. The van der Waals surface area contributed by atoms with E-state index < -0.39 is 34.1 Å². The summed E-state index contributed by atoms with van der Waals surface area (Å²) in [6.07, 6.45) is 0. The third kappa shape index (κ3) is 5.40. The number of allylic oxidation sites excluding steroid dienone is 1. The first kappa shape index (κ1) is 23.8. The minimum atomic E-state index is -3.81. The van der Waals surface area contributed by atoms with Gasteiger partial charge < -0.3 is 15.3 Å². The summed E-state index contributed by atoms with van der Waals surface area (Å²) in [5, 5.41) is 17.4. The topological polar surface area (TPSA) is 125 Å². The number of esters is 1. The first-order chi connectivity index (χ1) is 13.0. The molecule has 0 spiro atoms. The molecule has 8 nitrogen and oxygen atoms in total. The van der Waals surface area contributed by atoms with Gasteiger partial charge >= 0.3 is 5.97 Å². The average Bonchev–Trinajstić information content (AvgIpc) is 2.60. The van der Waals surface area contributed by atoms with E-state index in [1.54, 1.807) is 13.8 Å². The quantitative estimate of drug-likeness (QED) is 0.268. The van der Waals surface area contributed by atoms with Crippen molar-refractivity contribution in [1.29, 1.82) is 5.41 Å². The smallest absolute Gasteiger partial charge is 0.340 e. The summed E-state index contributed by atoms with van der Waals surface area (Å²) in [5.74, 6) is -2.10. The van der Waals surface area contributed by atoms with Crippen molar-refractivity contribution in [3.8, 4) is 0 Å². The standard InChI is InChI=1S/C18H23ClN2O6S/c1-5-21(6-2)28(25,26)13-7-8-15(19)14(9-13)18(24)27-10-16(23)17(11(3)20)12(4)22/h7-9,20,23H,5-6,10H2,1-4H3/b17-16-,20-11?. The number of nitrogens with one attached hydrogen (secondary N) is 1. The van der Waals surface area contributed by atoms with Crippen molar-refractivity contribution in [2.45, 2.75) is 32.6 Å². The number of hydrogen-bond donors (Lipinski definition) is 2. The number of benzene rings is 1. The molecule has 0 aromatic heterocycles. The Morgan fingerprint density at radius 2 is 1.79 bits per heavy atom. The predicted octanol–water partition coefficient (Wildman–Crippen LogP) is 2.97. The van der Waals surface area contributed by atoms with Gasteiger partial charge in [-0.05, 0) is 32.0 Å². The Kier molecular flexibility index (Phi) is 8.34. The van der Waals surface area contributed by atoms with Crippen molar-refractivity contribution in [2.24, 2.45) is 0 Å².